The van der Waals surface area contributed by atoms with Crippen LogP contribution in [0.2, 0.25) is 0 Å². The summed E-state index contributed by atoms with van der Waals surface area (Å²) >= 11 is -2.46. The van der Waals surface area contributed by atoms with E-state index in [1.807, 2.05) is 0 Å². The normalized spacial score (nSPS) is 10.8. The Hall–Kier alpha value is 0.344. The molecule has 0 aliphatic rings. The first-order chi connectivity index (χ1) is 4.85. The van der Waals surface area contributed by atoms with Crippen molar-refractivity contribution in [2.24, 2.45) is 0 Å². The molecule has 0 bridgehead atoms. The maximum absolute atomic E-state index is 4.47. The summed E-state index contributed by atoms with van der Waals surface area (Å²) < 4.78 is 13.4. The molecule has 0 radical (unpaired) electrons. The first-order valence-electron chi connectivity index (χ1n) is 2.27. The van der Waals surface area contributed by atoms with Gasteiger partial charge in [-0.05, 0) is 0 Å². The van der Waals surface area contributed by atoms with Crippen LogP contribution in [0.3, 0.4) is 0 Å². The van der Waals surface area contributed by atoms with Gasteiger partial charge in [0.05, 0.1) is 0 Å². The van der Waals surface area contributed by atoms with Gasteiger partial charge in [-0.25, -0.2) is 0 Å². The van der Waals surface area contributed by atoms with Gasteiger partial charge >= 0.3 is 63.6 Å². The maximum atomic E-state index is 4.47. The Morgan fingerprint density at radius 2 is 1.00 bits per heavy atom. The first kappa shape index (κ1) is 10.3. The van der Waals surface area contributed by atoms with Crippen molar-refractivity contribution in [1.82, 2.24) is 0 Å². The second-order valence-corrected chi connectivity index (χ2v) is 2.34. The molecule has 0 fully saturated rings. The molecule has 0 saturated heterocycles. The van der Waals surface area contributed by atoms with Gasteiger partial charge in [-0.3, -0.25) is 0 Å². The van der Waals surface area contributed by atoms with Gasteiger partial charge in [0.2, 0.25) is 0 Å². The molecule has 7 heteroatoms. The van der Waals surface area contributed by atoms with Gasteiger partial charge in [0.15, 0.2) is 0 Å². The third-order valence-electron chi connectivity index (χ3n) is 0.406. The second kappa shape index (κ2) is 7.45. The van der Waals surface area contributed by atoms with Crippen LogP contribution in [0.15, 0.2) is 0 Å². The van der Waals surface area contributed by atoms with Crippen LogP contribution in [0, 0.1) is 0 Å². The molecule has 0 aromatic rings. The van der Waals surface area contributed by atoms with Crippen molar-refractivity contribution in [3.8, 4) is 0 Å². The van der Waals surface area contributed by atoms with Gasteiger partial charge in [-0.15, -0.1) is 0 Å². The van der Waals surface area contributed by atoms with E-state index in [1.165, 1.54) is 21.3 Å². The van der Waals surface area contributed by atoms with Crippen LogP contribution >= 0.6 is 0 Å². The molecule has 0 aliphatic heterocycles. The fourth-order valence-corrected chi connectivity index (χ4v) is 0.906. The summed E-state index contributed by atoms with van der Waals surface area (Å²) in [6, 6.07) is 0. The number of hydrogen-bond donors (Lipinski definition) is 0. The zero-order valence-corrected chi connectivity index (χ0v) is 7.29. The molecule has 6 nitrogen and oxygen atoms in total. The van der Waals surface area contributed by atoms with Gasteiger partial charge in [0, 0.05) is 0 Å². The van der Waals surface area contributed by atoms with Gasteiger partial charge in [0.1, 0.15) is 0 Å². The van der Waals surface area contributed by atoms with Crippen LogP contribution in [0.25, 0.3) is 0 Å². The standard InChI is InChI=1S/3CH4O2.V/c3*1-3-2;/h3*2H,1H3;/q;;;+3/p-3. The van der Waals surface area contributed by atoms with Gasteiger partial charge in [-0.1, -0.05) is 0 Å². The van der Waals surface area contributed by atoms with E-state index in [4.69, 9.17) is 0 Å². The van der Waals surface area contributed by atoms with Crippen LogP contribution in [0.1, 0.15) is 0 Å². The van der Waals surface area contributed by atoms with Gasteiger partial charge in [0.25, 0.3) is 0 Å². The van der Waals surface area contributed by atoms with E-state index in [2.05, 4.69) is 26.1 Å². The van der Waals surface area contributed by atoms with Crippen molar-refractivity contribution in [3.05, 3.63) is 0 Å². The van der Waals surface area contributed by atoms with E-state index in [0.717, 1.165) is 0 Å². The van der Waals surface area contributed by atoms with E-state index in [9.17, 15) is 0 Å². The Kier molecular flexibility index (Phi) is 7.71. The summed E-state index contributed by atoms with van der Waals surface area (Å²) in [6.07, 6.45) is 0. The molecule has 0 aromatic carbocycles. The van der Waals surface area contributed by atoms with Crippen molar-refractivity contribution < 1.29 is 42.3 Å². The summed E-state index contributed by atoms with van der Waals surface area (Å²) in [6.45, 7) is 0. The minimum atomic E-state index is -2.46. The predicted molar refractivity (Wildman–Crippen MR) is 24.3 cm³/mol. The van der Waals surface area contributed by atoms with Crippen LogP contribution in [-0.2, 0) is 42.3 Å². The predicted octanol–water partition coefficient (Wildman–Crippen LogP) is 0.0836. The average Bonchev–Trinajstić information content (AvgIpc) is 1.90. The van der Waals surface area contributed by atoms with E-state index >= 15 is 0 Å². The monoisotopic (exact) mass is 192 g/mol. The molecule has 0 aliphatic carbocycles. The Labute approximate surface area is 64.3 Å². The minimum absolute atomic E-state index is 1.33. The van der Waals surface area contributed by atoms with Crippen molar-refractivity contribution in [2.75, 3.05) is 21.3 Å². The van der Waals surface area contributed by atoms with E-state index in [0.29, 0.717) is 0 Å². The second-order valence-electron chi connectivity index (χ2n) is 0.947. The first-order valence-corrected chi connectivity index (χ1v) is 3.98. The van der Waals surface area contributed by atoms with Crippen molar-refractivity contribution in [3.63, 3.8) is 0 Å². The van der Waals surface area contributed by atoms with E-state index in [1.54, 1.807) is 0 Å². The van der Waals surface area contributed by atoms with Gasteiger partial charge < -0.3 is 0 Å². The SMILES string of the molecule is CO[O][V]([O]OC)[O]OC. The van der Waals surface area contributed by atoms with Crippen molar-refractivity contribution >= 4 is 0 Å². The molecule has 0 aromatic heterocycles. The number of rotatable bonds is 6. The molecule has 0 amide bonds. The fraction of sp³-hybridized carbons (Fsp3) is 1.00. The third kappa shape index (κ3) is 5.15. The molecule has 0 rings (SSSR count). The van der Waals surface area contributed by atoms with Crippen LogP contribution in [-0.4, -0.2) is 21.3 Å². The van der Waals surface area contributed by atoms with Crippen LogP contribution in [0.4, 0.5) is 0 Å². The Morgan fingerprint density at radius 1 is 0.700 bits per heavy atom. The van der Waals surface area contributed by atoms with E-state index < -0.39 is 16.2 Å². The summed E-state index contributed by atoms with van der Waals surface area (Å²) in [5.41, 5.74) is 0. The van der Waals surface area contributed by atoms with Crippen LogP contribution in [0.5, 0.6) is 0 Å². The molecule has 0 spiro atoms. The third-order valence-corrected chi connectivity index (χ3v) is 1.67. The molecular formula is C3H9O6V. The summed E-state index contributed by atoms with van der Waals surface area (Å²) in [5, 5.41) is 0. The molecule has 0 heterocycles. The molecular weight excluding hydrogens is 183 g/mol. The van der Waals surface area contributed by atoms with E-state index in [-0.39, 0.29) is 0 Å². The molecule has 0 N–H and O–H groups in total. The zero-order valence-electron chi connectivity index (χ0n) is 5.90. The summed E-state index contributed by atoms with van der Waals surface area (Å²) in [4.78, 5) is 12.8. The molecule has 62 valence electrons. The summed E-state index contributed by atoms with van der Waals surface area (Å²) in [5.74, 6) is 0. The quantitative estimate of drug-likeness (QED) is 0.439. The van der Waals surface area contributed by atoms with Crippen molar-refractivity contribution in [1.29, 1.82) is 0 Å². The Bertz CT molecular complexity index is 55.7. The fourth-order valence-electron chi connectivity index (χ4n) is 0.220. The van der Waals surface area contributed by atoms with Crippen LogP contribution < -0.4 is 0 Å². The zero-order chi connectivity index (χ0) is 7.82. The molecule has 0 unspecified atom stereocenters. The average molecular weight is 192 g/mol. The Balaban J connectivity index is 3.30. The molecule has 10 heavy (non-hydrogen) atoms. The molecule has 0 saturated carbocycles. The number of hydrogen-bond acceptors (Lipinski definition) is 6. The Morgan fingerprint density at radius 3 is 1.20 bits per heavy atom. The van der Waals surface area contributed by atoms with Crippen molar-refractivity contribution in [2.45, 2.75) is 0 Å². The molecule has 0 atom stereocenters. The summed E-state index contributed by atoms with van der Waals surface area (Å²) in [7, 11) is 4.00. The van der Waals surface area contributed by atoms with Gasteiger partial charge in [-0.2, -0.15) is 0 Å². The topological polar surface area (TPSA) is 55.4 Å².